The lowest BCUT2D eigenvalue weighted by atomic mass is 9.75. The average molecular weight is 486 g/mol. The number of carbonyl (C=O) groups excluding carboxylic acids is 2. The number of pyridine rings is 1. The highest BCUT2D eigenvalue weighted by atomic mass is 32.1. The lowest BCUT2D eigenvalue weighted by Crippen LogP contribution is -2.55. The molecule has 1 spiro atoms. The van der Waals surface area contributed by atoms with Crippen LogP contribution < -0.4 is 15.1 Å². The number of hydrogen-bond acceptors (Lipinski definition) is 4. The number of hydrogen-bond donors (Lipinski definition) is 1. The third-order valence-electron chi connectivity index (χ3n) is 6.48. The largest absolute Gasteiger partial charge is 0.360 e. The van der Waals surface area contributed by atoms with Gasteiger partial charge in [0.05, 0.1) is 11.3 Å². The molecule has 2 fully saturated rings. The van der Waals surface area contributed by atoms with E-state index in [0.717, 1.165) is 6.42 Å². The molecule has 1 aliphatic carbocycles. The van der Waals surface area contributed by atoms with Crippen molar-refractivity contribution >= 4 is 52.0 Å². The summed E-state index contributed by atoms with van der Waals surface area (Å²) in [5, 5.41) is 2.89. The van der Waals surface area contributed by atoms with Crippen LogP contribution in [0.1, 0.15) is 35.2 Å². The normalized spacial score (nSPS) is 16.3. The zero-order valence-electron chi connectivity index (χ0n) is 18.8. The highest BCUT2D eigenvalue weighted by molar-refractivity contribution is 7.81. The first-order chi connectivity index (χ1) is 16.9. The predicted molar refractivity (Wildman–Crippen MR) is 135 cm³/mol. The van der Waals surface area contributed by atoms with Crippen molar-refractivity contribution in [2.24, 2.45) is 0 Å². The Labute approximate surface area is 207 Å². The van der Waals surface area contributed by atoms with Crippen molar-refractivity contribution in [1.82, 2.24) is 4.98 Å². The lowest BCUT2D eigenvalue weighted by molar-refractivity contribution is -0.123. The van der Waals surface area contributed by atoms with E-state index in [2.05, 4.69) is 15.1 Å². The number of para-hydroxylation sites is 1. The predicted octanol–water partition coefficient (Wildman–Crippen LogP) is 5.39. The minimum atomic E-state index is -0.899. The molecule has 2 heterocycles. The van der Waals surface area contributed by atoms with Crippen molar-refractivity contribution in [3.05, 3.63) is 89.2 Å². The summed E-state index contributed by atoms with van der Waals surface area (Å²) in [4.78, 5) is 36.8. The van der Waals surface area contributed by atoms with Gasteiger partial charge >= 0.3 is 0 Å². The maximum absolute atomic E-state index is 15.1. The second-order valence-corrected chi connectivity index (χ2v) is 8.94. The molecule has 1 aliphatic heterocycles. The molecule has 0 radical (unpaired) electrons. The van der Waals surface area contributed by atoms with Crippen LogP contribution >= 0.6 is 12.2 Å². The number of benzene rings is 2. The number of carbonyl (C=O) groups is 2. The van der Waals surface area contributed by atoms with Crippen LogP contribution in [-0.2, 0) is 4.79 Å². The van der Waals surface area contributed by atoms with E-state index in [1.807, 2.05) is 6.07 Å². The third kappa shape index (κ3) is 3.63. The Hall–Kier alpha value is -4.16. The molecule has 35 heavy (non-hydrogen) atoms. The summed E-state index contributed by atoms with van der Waals surface area (Å²) in [7, 11) is 0. The van der Waals surface area contributed by atoms with E-state index in [4.69, 9.17) is 18.8 Å². The van der Waals surface area contributed by atoms with E-state index >= 15 is 4.39 Å². The van der Waals surface area contributed by atoms with Crippen LogP contribution in [0.15, 0.2) is 60.8 Å². The number of halogens is 1. The molecule has 2 amide bonds. The number of aromatic nitrogens is 1. The van der Waals surface area contributed by atoms with Gasteiger partial charge in [-0.3, -0.25) is 14.5 Å². The van der Waals surface area contributed by atoms with E-state index in [9.17, 15) is 9.59 Å². The Bertz CT molecular complexity index is 1410. The van der Waals surface area contributed by atoms with Crippen molar-refractivity contribution in [3.8, 4) is 0 Å². The number of rotatable bonds is 4. The molecule has 0 bridgehead atoms. The van der Waals surface area contributed by atoms with Gasteiger partial charge in [0.25, 0.3) is 17.6 Å². The van der Waals surface area contributed by atoms with Gasteiger partial charge in [0.2, 0.25) is 0 Å². The van der Waals surface area contributed by atoms with E-state index in [1.165, 1.54) is 23.2 Å². The smallest absolute Gasteiger partial charge is 0.272 e. The molecule has 0 unspecified atom stereocenters. The molecule has 2 aromatic carbocycles. The van der Waals surface area contributed by atoms with Crippen LogP contribution in [0.3, 0.4) is 0 Å². The minimum absolute atomic E-state index is 0.108. The number of aryl methyl sites for hydroxylation is 1. The first-order valence-corrected chi connectivity index (χ1v) is 11.5. The summed E-state index contributed by atoms with van der Waals surface area (Å²) >= 11 is 5.71. The molecule has 2 aliphatic rings. The Morgan fingerprint density at radius 2 is 1.91 bits per heavy atom. The summed E-state index contributed by atoms with van der Waals surface area (Å²) in [5.41, 5.74) is 1.06. The van der Waals surface area contributed by atoms with E-state index in [-0.39, 0.29) is 22.4 Å². The summed E-state index contributed by atoms with van der Waals surface area (Å²) in [5.74, 6) is -1.22. The molecule has 174 valence electrons. The number of anilines is 3. The van der Waals surface area contributed by atoms with Gasteiger partial charge in [-0.05, 0) is 80.4 Å². The first-order valence-electron chi connectivity index (χ1n) is 11.0. The van der Waals surface area contributed by atoms with Crippen molar-refractivity contribution in [2.75, 3.05) is 15.1 Å². The van der Waals surface area contributed by atoms with Gasteiger partial charge in [-0.15, -0.1) is 4.98 Å². The molecule has 1 saturated heterocycles. The maximum atomic E-state index is 15.1. The topological polar surface area (TPSA) is 69.9 Å². The van der Waals surface area contributed by atoms with Gasteiger partial charge in [0, 0.05) is 11.4 Å². The fourth-order valence-corrected chi connectivity index (χ4v) is 5.02. The second kappa shape index (κ2) is 8.56. The highest BCUT2D eigenvalue weighted by Gasteiger charge is 2.59. The Morgan fingerprint density at radius 3 is 2.51 bits per heavy atom. The van der Waals surface area contributed by atoms with Gasteiger partial charge in [-0.2, -0.15) is 0 Å². The Kier molecular flexibility index (Phi) is 5.53. The third-order valence-corrected chi connectivity index (χ3v) is 6.85. The lowest BCUT2D eigenvalue weighted by Gasteiger charge is -2.43. The zero-order valence-corrected chi connectivity index (χ0v) is 19.6. The molecule has 3 aromatic rings. The average Bonchev–Trinajstić information content (AvgIpc) is 3.06. The van der Waals surface area contributed by atoms with Crippen LogP contribution in [0.5, 0.6) is 0 Å². The van der Waals surface area contributed by atoms with Crippen LogP contribution in [0.25, 0.3) is 4.85 Å². The van der Waals surface area contributed by atoms with E-state index in [1.54, 1.807) is 48.2 Å². The van der Waals surface area contributed by atoms with Crippen LogP contribution in [-0.4, -0.2) is 27.4 Å². The van der Waals surface area contributed by atoms with E-state index < -0.39 is 17.3 Å². The summed E-state index contributed by atoms with van der Waals surface area (Å²) in [6.07, 6.45) is 3.45. The molecule has 0 atom stereocenters. The molecular weight excluding hydrogens is 465 g/mol. The first kappa shape index (κ1) is 22.6. The van der Waals surface area contributed by atoms with Crippen LogP contribution in [0.4, 0.5) is 27.3 Å². The van der Waals surface area contributed by atoms with Gasteiger partial charge in [0.15, 0.2) is 5.11 Å². The van der Waals surface area contributed by atoms with Crippen molar-refractivity contribution in [3.63, 3.8) is 0 Å². The van der Waals surface area contributed by atoms with Crippen LogP contribution in [0.2, 0.25) is 0 Å². The zero-order chi connectivity index (χ0) is 24.7. The second-order valence-electron chi connectivity index (χ2n) is 8.57. The molecule has 1 saturated carbocycles. The number of thiocarbonyl (C=S) groups is 1. The van der Waals surface area contributed by atoms with Crippen LogP contribution in [0, 0.1) is 19.3 Å². The molecule has 5 rings (SSSR count). The monoisotopic (exact) mass is 485 g/mol. The molecule has 1 N–H and O–H groups in total. The molecular formula is C26H20FN5O2S. The summed E-state index contributed by atoms with van der Waals surface area (Å²) in [6.45, 7) is 8.95. The summed E-state index contributed by atoms with van der Waals surface area (Å²) in [6, 6.07) is 14.8. The molecule has 9 heteroatoms. The quantitative estimate of drug-likeness (QED) is 0.396. The van der Waals surface area contributed by atoms with Gasteiger partial charge < -0.3 is 15.1 Å². The fourth-order valence-electron chi connectivity index (χ4n) is 4.55. The SMILES string of the molecule is [C-]#[N+]c1ncc(N2C(=O)C3(CCC3)N(c3ccc(C(=O)Nc4ccccc4)c(F)c3)C2=S)cc1C. The van der Waals surface area contributed by atoms with E-state index in [0.29, 0.717) is 35.5 Å². The molecule has 7 nitrogen and oxygen atoms in total. The number of nitrogens with zero attached hydrogens (tertiary/aromatic N) is 4. The van der Waals surface area contributed by atoms with Gasteiger partial charge in [-0.1, -0.05) is 24.8 Å². The fraction of sp³-hybridized carbons (Fsp3) is 0.192. The van der Waals surface area contributed by atoms with Gasteiger partial charge in [-0.25, -0.2) is 4.39 Å². The van der Waals surface area contributed by atoms with Crippen molar-refractivity contribution in [1.29, 1.82) is 0 Å². The summed E-state index contributed by atoms with van der Waals surface area (Å²) < 4.78 is 15.1. The van der Waals surface area contributed by atoms with Gasteiger partial charge in [0.1, 0.15) is 17.6 Å². The Balaban J connectivity index is 1.48. The minimum Gasteiger partial charge on any atom is -0.360 e. The standard InChI is InChI=1S/C26H20FN5O2S/c1-16-13-19(15-29-22(16)28-2)31-24(34)26(11-6-12-26)32(25(31)35)18-9-10-20(21(27)14-18)23(33)30-17-7-4-3-5-8-17/h3-5,7-10,13-15H,6,11-12H2,1H3,(H,30,33). The van der Waals surface area contributed by atoms with Crippen molar-refractivity contribution in [2.45, 2.75) is 31.7 Å². The number of amides is 2. The highest BCUT2D eigenvalue weighted by Crippen LogP contribution is 2.48. The Morgan fingerprint density at radius 1 is 1.17 bits per heavy atom. The maximum Gasteiger partial charge on any atom is 0.272 e. The molecule has 1 aromatic heterocycles. The number of nitrogens with one attached hydrogen (secondary N) is 1. The van der Waals surface area contributed by atoms with Crippen molar-refractivity contribution < 1.29 is 14.0 Å².